The molecule has 8 heteroatoms. The molecule has 0 bridgehead atoms. The number of carboxylic acid groups (broad SMARTS) is 1. The average Bonchev–Trinajstić information content (AvgIpc) is 2.66. The van der Waals surface area contributed by atoms with Gasteiger partial charge in [0.2, 0.25) is 10.0 Å². The monoisotopic (exact) mass is 395 g/mol. The minimum absolute atomic E-state index is 0.00503. The van der Waals surface area contributed by atoms with Crippen molar-refractivity contribution in [2.75, 3.05) is 44.7 Å². The topological polar surface area (TPSA) is 81.2 Å². The SMILES string of the molecule is CCN(CC(=O)O)C1CCN(S(=O)(=O)c2ccc3c(c2)N(C)CCC3)CC1. The molecule has 0 amide bonds. The summed E-state index contributed by atoms with van der Waals surface area (Å²) in [5.74, 6) is -0.843. The maximum absolute atomic E-state index is 13.1. The van der Waals surface area contributed by atoms with Crippen molar-refractivity contribution in [3.05, 3.63) is 23.8 Å². The molecule has 1 fully saturated rings. The van der Waals surface area contributed by atoms with Gasteiger partial charge in [-0.3, -0.25) is 9.69 Å². The lowest BCUT2D eigenvalue weighted by Crippen LogP contribution is -2.48. The van der Waals surface area contributed by atoms with Crippen molar-refractivity contribution >= 4 is 21.7 Å². The Morgan fingerprint density at radius 2 is 1.96 bits per heavy atom. The molecule has 7 nitrogen and oxygen atoms in total. The molecule has 0 saturated carbocycles. The van der Waals surface area contributed by atoms with Crippen LogP contribution in [0.5, 0.6) is 0 Å². The highest BCUT2D eigenvalue weighted by Gasteiger charge is 2.32. The number of rotatable bonds is 6. The Hall–Kier alpha value is -1.64. The highest BCUT2D eigenvalue weighted by molar-refractivity contribution is 7.89. The van der Waals surface area contributed by atoms with Crippen molar-refractivity contribution < 1.29 is 18.3 Å². The minimum atomic E-state index is -3.53. The van der Waals surface area contributed by atoms with Crippen LogP contribution in [0.1, 0.15) is 31.7 Å². The molecule has 27 heavy (non-hydrogen) atoms. The largest absolute Gasteiger partial charge is 0.480 e. The zero-order valence-corrected chi connectivity index (χ0v) is 16.9. The van der Waals surface area contributed by atoms with Gasteiger partial charge >= 0.3 is 5.97 Å². The molecule has 1 aromatic rings. The summed E-state index contributed by atoms with van der Waals surface area (Å²) in [6, 6.07) is 5.59. The second-order valence-corrected chi connectivity index (χ2v) is 9.35. The Bertz CT molecular complexity index is 788. The predicted octanol–water partition coefficient (Wildman–Crippen LogP) is 1.63. The molecular formula is C19H29N3O4S. The number of piperidine rings is 1. The van der Waals surface area contributed by atoms with Crippen LogP contribution in [-0.4, -0.2) is 74.5 Å². The molecule has 0 aromatic heterocycles. The van der Waals surface area contributed by atoms with E-state index in [-0.39, 0.29) is 12.6 Å². The summed E-state index contributed by atoms with van der Waals surface area (Å²) in [6.07, 6.45) is 3.39. The van der Waals surface area contributed by atoms with Crippen LogP contribution in [0.2, 0.25) is 0 Å². The van der Waals surface area contributed by atoms with E-state index < -0.39 is 16.0 Å². The Kier molecular flexibility index (Phi) is 6.08. The first kappa shape index (κ1) is 20.1. The molecule has 0 spiro atoms. The van der Waals surface area contributed by atoms with Crippen LogP contribution in [-0.2, 0) is 21.2 Å². The van der Waals surface area contributed by atoms with Crippen LogP contribution < -0.4 is 4.90 Å². The second kappa shape index (κ2) is 8.16. The van der Waals surface area contributed by atoms with E-state index >= 15 is 0 Å². The van der Waals surface area contributed by atoms with E-state index in [4.69, 9.17) is 5.11 Å². The second-order valence-electron chi connectivity index (χ2n) is 7.41. The molecule has 0 atom stereocenters. The summed E-state index contributed by atoms with van der Waals surface area (Å²) >= 11 is 0. The van der Waals surface area contributed by atoms with Crippen molar-refractivity contribution in [3.8, 4) is 0 Å². The van der Waals surface area contributed by atoms with Crippen molar-refractivity contribution in [3.63, 3.8) is 0 Å². The molecule has 150 valence electrons. The first-order valence-corrected chi connectivity index (χ1v) is 11.1. The summed E-state index contributed by atoms with van der Waals surface area (Å²) in [6.45, 7) is 4.39. The molecule has 0 aliphatic carbocycles. The summed E-state index contributed by atoms with van der Waals surface area (Å²) < 4.78 is 27.8. The predicted molar refractivity (Wildman–Crippen MR) is 105 cm³/mol. The lowest BCUT2D eigenvalue weighted by Gasteiger charge is -2.37. The summed E-state index contributed by atoms with van der Waals surface area (Å²) in [7, 11) is -1.52. The van der Waals surface area contributed by atoms with Gasteiger partial charge in [0.05, 0.1) is 11.4 Å². The highest BCUT2D eigenvalue weighted by Crippen LogP contribution is 2.31. The van der Waals surface area contributed by atoms with E-state index in [0.717, 1.165) is 25.1 Å². The van der Waals surface area contributed by atoms with Crippen molar-refractivity contribution in [1.29, 1.82) is 0 Å². The van der Waals surface area contributed by atoms with Crippen LogP contribution in [0.3, 0.4) is 0 Å². The fourth-order valence-electron chi connectivity index (χ4n) is 4.17. The van der Waals surface area contributed by atoms with Gasteiger partial charge in [0.1, 0.15) is 0 Å². The maximum Gasteiger partial charge on any atom is 0.317 e. The van der Waals surface area contributed by atoms with Gasteiger partial charge in [-0.15, -0.1) is 0 Å². The Balaban J connectivity index is 1.72. The third kappa shape index (κ3) is 4.28. The Morgan fingerprint density at radius 3 is 2.59 bits per heavy atom. The van der Waals surface area contributed by atoms with Crippen molar-refractivity contribution in [2.45, 2.75) is 43.5 Å². The standard InChI is InChI=1S/C19H29N3O4S/c1-3-21(14-19(23)24)16-8-11-22(12-9-16)27(25,26)17-7-6-15-5-4-10-20(2)18(15)13-17/h6-7,13,16H,3-5,8-12,14H2,1-2H3,(H,23,24). The van der Waals surface area contributed by atoms with Crippen LogP contribution >= 0.6 is 0 Å². The lowest BCUT2D eigenvalue weighted by atomic mass is 10.0. The number of carbonyl (C=O) groups is 1. The zero-order chi connectivity index (χ0) is 19.6. The van der Waals surface area contributed by atoms with Gasteiger partial charge in [0.25, 0.3) is 0 Å². The molecule has 0 radical (unpaired) electrons. The third-order valence-electron chi connectivity index (χ3n) is 5.73. The van der Waals surface area contributed by atoms with Gasteiger partial charge in [-0.1, -0.05) is 13.0 Å². The van der Waals surface area contributed by atoms with E-state index in [1.54, 1.807) is 16.4 Å². The molecule has 2 aliphatic rings. The molecule has 1 N–H and O–H groups in total. The number of anilines is 1. The van der Waals surface area contributed by atoms with Crippen molar-refractivity contribution in [1.82, 2.24) is 9.21 Å². The summed E-state index contributed by atoms with van der Waals surface area (Å²) in [5, 5.41) is 9.04. The molecule has 3 rings (SSSR count). The number of nitrogens with zero attached hydrogens (tertiary/aromatic N) is 3. The Morgan fingerprint density at radius 1 is 1.26 bits per heavy atom. The quantitative estimate of drug-likeness (QED) is 0.789. The minimum Gasteiger partial charge on any atom is -0.480 e. The number of benzene rings is 1. The smallest absolute Gasteiger partial charge is 0.317 e. The number of likely N-dealkylation sites (N-methyl/N-ethyl adjacent to an activating group) is 1. The molecule has 2 heterocycles. The molecule has 2 aliphatic heterocycles. The van der Waals surface area contributed by atoms with E-state index in [0.29, 0.717) is 37.4 Å². The van der Waals surface area contributed by atoms with E-state index in [2.05, 4.69) is 4.90 Å². The summed E-state index contributed by atoms with van der Waals surface area (Å²) in [5.41, 5.74) is 2.21. The maximum atomic E-state index is 13.1. The number of fused-ring (bicyclic) bond motifs is 1. The van der Waals surface area contributed by atoms with Gasteiger partial charge in [-0.05, 0) is 49.9 Å². The first-order valence-electron chi connectivity index (χ1n) is 9.63. The van der Waals surface area contributed by atoms with Crippen LogP contribution in [0.4, 0.5) is 5.69 Å². The zero-order valence-electron chi connectivity index (χ0n) is 16.1. The molecule has 1 aromatic carbocycles. The average molecular weight is 396 g/mol. The number of sulfonamides is 1. The fourth-order valence-corrected chi connectivity index (χ4v) is 5.66. The first-order chi connectivity index (χ1) is 12.8. The van der Waals surface area contributed by atoms with Gasteiger partial charge in [0.15, 0.2) is 0 Å². The number of carboxylic acids is 1. The van der Waals surface area contributed by atoms with Gasteiger partial charge in [0, 0.05) is 38.4 Å². The van der Waals surface area contributed by atoms with Gasteiger partial charge in [-0.2, -0.15) is 4.31 Å². The molecule has 0 unspecified atom stereocenters. The van der Waals surface area contributed by atoms with Gasteiger partial charge < -0.3 is 10.0 Å². The van der Waals surface area contributed by atoms with Crippen molar-refractivity contribution in [2.24, 2.45) is 0 Å². The number of hydrogen-bond donors (Lipinski definition) is 1. The van der Waals surface area contributed by atoms with E-state index in [1.165, 1.54) is 5.56 Å². The fraction of sp³-hybridized carbons (Fsp3) is 0.632. The molecular weight excluding hydrogens is 366 g/mol. The van der Waals surface area contributed by atoms with Crippen LogP contribution in [0, 0.1) is 0 Å². The van der Waals surface area contributed by atoms with Crippen LogP contribution in [0.15, 0.2) is 23.1 Å². The lowest BCUT2D eigenvalue weighted by molar-refractivity contribution is -0.139. The summed E-state index contributed by atoms with van der Waals surface area (Å²) in [4.78, 5) is 15.4. The van der Waals surface area contributed by atoms with E-state index in [9.17, 15) is 13.2 Å². The van der Waals surface area contributed by atoms with E-state index in [1.807, 2.05) is 24.9 Å². The molecule has 1 saturated heterocycles. The van der Waals surface area contributed by atoms with Gasteiger partial charge in [-0.25, -0.2) is 8.42 Å². The number of hydrogen-bond acceptors (Lipinski definition) is 5. The highest BCUT2D eigenvalue weighted by atomic mass is 32.2. The third-order valence-corrected chi connectivity index (χ3v) is 7.62. The number of aryl methyl sites for hydroxylation is 1. The Labute approximate surface area is 161 Å². The normalized spacial score (nSPS) is 19.3. The number of aliphatic carboxylic acids is 1. The van der Waals surface area contributed by atoms with Crippen LogP contribution in [0.25, 0.3) is 0 Å².